The Bertz CT molecular complexity index is 773. The van der Waals surface area contributed by atoms with E-state index in [0.29, 0.717) is 18.4 Å². The molecule has 5 heteroatoms. The van der Waals surface area contributed by atoms with Gasteiger partial charge in [-0.15, -0.1) is 6.58 Å². The van der Waals surface area contributed by atoms with E-state index in [1.807, 2.05) is 42.5 Å². The molecule has 0 aliphatic carbocycles. The molecule has 4 nitrogen and oxygen atoms in total. The van der Waals surface area contributed by atoms with Crippen LogP contribution in [0.1, 0.15) is 24.0 Å². The van der Waals surface area contributed by atoms with Crippen molar-refractivity contribution in [1.82, 2.24) is 0 Å². The third-order valence-electron chi connectivity index (χ3n) is 4.52. The van der Waals surface area contributed by atoms with Crippen LogP contribution in [0, 0.1) is 5.92 Å². The molecule has 0 amide bonds. The zero-order valence-corrected chi connectivity index (χ0v) is 16.6. The largest absolute Gasteiger partial charge is 0.507 e. The van der Waals surface area contributed by atoms with Gasteiger partial charge in [0.1, 0.15) is 5.75 Å². The molecule has 0 aliphatic rings. The van der Waals surface area contributed by atoms with E-state index in [1.54, 1.807) is 12.1 Å². The van der Waals surface area contributed by atoms with Crippen molar-refractivity contribution >= 4 is 27.6 Å². The highest BCUT2D eigenvalue weighted by atomic mass is 79.9. The average Bonchev–Trinajstić information content (AvgIpc) is 2.68. The smallest absolute Gasteiger partial charge is 0.122 e. The number of aliphatic hydroxyl groups is 3. The van der Waals surface area contributed by atoms with Crippen LogP contribution in [0.2, 0.25) is 0 Å². The molecule has 0 unspecified atom stereocenters. The lowest BCUT2D eigenvalue weighted by Crippen LogP contribution is -2.32. The molecule has 0 saturated carbocycles. The fourth-order valence-corrected chi connectivity index (χ4v) is 3.35. The Labute approximate surface area is 168 Å². The zero-order valence-electron chi connectivity index (χ0n) is 15.0. The van der Waals surface area contributed by atoms with Gasteiger partial charge in [0.15, 0.2) is 0 Å². The molecule has 0 spiro atoms. The number of phenolic OH excluding ortho intramolecular Hbond substituents is 1. The van der Waals surface area contributed by atoms with Gasteiger partial charge in [0, 0.05) is 16.0 Å². The fourth-order valence-electron chi connectivity index (χ4n) is 2.97. The predicted octanol–water partition coefficient (Wildman–Crippen LogP) is 3.99. The first-order chi connectivity index (χ1) is 13.0. The van der Waals surface area contributed by atoms with Crippen LogP contribution in [0.5, 0.6) is 5.75 Å². The lowest BCUT2D eigenvalue weighted by molar-refractivity contribution is 0.00257. The van der Waals surface area contributed by atoms with E-state index in [0.717, 1.165) is 15.6 Å². The van der Waals surface area contributed by atoms with Crippen molar-refractivity contribution < 1.29 is 20.4 Å². The topological polar surface area (TPSA) is 80.9 Å². The van der Waals surface area contributed by atoms with Crippen molar-refractivity contribution in [1.29, 1.82) is 0 Å². The van der Waals surface area contributed by atoms with Gasteiger partial charge in [-0.05, 0) is 48.3 Å². The molecule has 4 N–H and O–H groups in total. The molecule has 0 saturated heterocycles. The SMILES string of the molecule is C=C[C@@H]([C@H](O)CO)[C@H](O)CC/C(=C/c1cc(Br)ccc1O)c1ccccc1. The molecule has 0 aliphatic heterocycles. The molecule has 0 radical (unpaired) electrons. The summed E-state index contributed by atoms with van der Waals surface area (Å²) in [5, 5.41) is 39.6. The normalized spacial score (nSPS) is 15.2. The second kappa shape index (κ2) is 10.4. The first-order valence-corrected chi connectivity index (χ1v) is 9.59. The number of hydrogen-bond donors (Lipinski definition) is 4. The highest BCUT2D eigenvalue weighted by Crippen LogP contribution is 2.30. The molecule has 144 valence electrons. The van der Waals surface area contributed by atoms with Crippen LogP contribution in [0.4, 0.5) is 0 Å². The van der Waals surface area contributed by atoms with Gasteiger partial charge >= 0.3 is 0 Å². The predicted molar refractivity (Wildman–Crippen MR) is 112 cm³/mol. The van der Waals surface area contributed by atoms with Gasteiger partial charge in [0.05, 0.1) is 18.8 Å². The second-order valence-electron chi connectivity index (χ2n) is 6.41. The summed E-state index contributed by atoms with van der Waals surface area (Å²) < 4.78 is 0.858. The van der Waals surface area contributed by atoms with E-state index >= 15 is 0 Å². The number of hydrogen-bond acceptors (Lipinski definition) is 4. The van der Waals surface area contributed by atoms with Crippen LogP contribution >= 0.6 is 15.9 Å². The van der Waals surface area contributed by atoms with Crippen molar-refractivity contribution in [2.45, 2.75) is 25.0 Å². The summed E-state index contributed by atoms with van der Waals surface area (Å²) in [6.45, 7) is 3.21. The maximum atomic E-state index is 10.4. The zero-order chi connectivity index (χ0) is 19.8. The van der Waals surface area contributed by atoms with Crippen molar-refractivity contribution in [3.05, 3.63) is 76.8 Å². The Kier molecular flexibility index (Phi) is 8.25. The highest BCUT2D eigenvalue weighted by Gasteiger charge is 2.23. The third-order valence-corrected chi connectivity index (χ3v) is 5.01. The molecule has 2 aromatic carbocycles. The molecule has 3 atom stereocenters. The number of phenols is 1. The van der Waals surface area contributed by atoms with Gasteiger partial charge in [-0.1, -0.05) is 52.3 Å². The summed E-state index contributed by atoms with van der Waals surface area (Å²) in [5.41, 5.74) is 2.61. The molecule has 27 heavy (non-hydrogen) atoms. The maximum absolute atomic E-state index is 10.4. The van der Waals surface area contributed by atoms with Gasteiger partial charge < -0.3 is 20.4 Å². The Balaban J connectivity index is 2.28. The molecular weight excluding hydrogens is 408 g/mol. The molecule has 0 fully saturated rings. The molecule has 2 aromatic rings. The summed E-state index contributed by atoms with van der Waals surface area (Å²) >= 11 is 3.41. The Morgan fingerprint density at radius 1 is 1.07 bits per heavy atom. The monoisotopic (exact) mass is 432 g/mol. The van der Waals surface area contributed by atoms with Gasteiger partial charge in [0.25, 0.3) is 0 Å². The first kappa shape index (κ1) is 21.4. The number of rotatable bonds is 9. The summed E-state index contributed by atoms with van der Waals surface area (Å²) in [6, 6.07) is 15.0. The van der Waals surface area contributed by atoms with Gasteiger partial charge in [-0.3, -0.25) is 0 Å². The van der Waals surface area contributed by atoms with E-state index in [-0.39, 0.29) is 5.75 Å². The number of benzene rings is 2. The molecular formula is C22H25BrO4. The Morgan fingerprint density at radius 2 is 1.78 bits per heavy atom. The molecule has 0 aromatic heterocycles. The Hall–Kier alpha value is -1.92. The first-order valence-electron chi connectivity index (χ1n) is 8.80. The van der Waals surface area contributed by atoms with E-state index < -0.39 is 24.7 Å². The minimum Gasteiger partial charge on any atom is -0.507 e. The quantitative estimate of drug-likeness (QED) is 0.356. The standard InChI is InChI=1S/C22H25BrO4/c1-2-19(22(27)14-24)21(26)10-8-16(15-6-4-3-5-7-15)12-17-13-18(23)9-11-20(17)25/h2-7,9,11-13,19,21-22,24-27H,1,8,10,14H2/b16-12-/t19-,21-,22-/m1/s1. The van der Waals surface area contributed by atoms with Crippen LogP contribution in [0.15, 0.2) is 65.7 Å². The van der Waals surface area contributed by atoms with Crippen LogP contribution in [0.25, 0.3) is 11.6 Å². The molecule has 2 rings (SSSR count). The fraction of sp³-hybridized carbons (Fsp3) is 0.273. The summed E-state index contributed by atoms with van der Waals surface area (Å²) in [4.78, 5) is 0. The summed E-state index contributed by atoms with van der Waals surface area (Å²) in [5.74, 6) is -0.432. The van der Waals surface area contributed by atoms with Crippen molar-refractivity contribution in [2.24, 2.45) is 5.92 Å². The third kappa shape index (κ3) is 6.04. The lowest BCUT2D eigenvalue weighted by Gasteiger charge is -2.24. The van der Waals surface area contributed by atoms with Crippen LogP contribution < -0.4 is 0 Å². The van der Waals surface area contributed by atoms with E-state index in [9.17, 15) is 15.3 Å². The number of allylic oxidation sites excluding steroid dienone is 1. The van der Waals surface area contributed by atoms with Gasteiger partial charge in [0.2, 0.25) is 0 Å². The minimum atomic E-state index is -1.05. The van der Waals surface area contributed by atoms with Crippen LogP contribution in [-0.4, -0.2) is 39.2 Å². The minimum absolute atomic E-state index is 0.173. The number of aliphatic hydroxyl groups excluding tert-OH is 3. The lowest BCUT2D eigenvalue weighted by atomic mass is 9.90. The summed E-state index contributed by atoms with van der Waals surface area (Å²) in [7, 11) is 0. The molecule has 0 bridgehead atoms. The highest BCUT2D eigenvalue weighted by molar-refractivity contribution is 9.10. The van der Waals surface area contributed by atoms with Crippen molar-refractivity contribution in [3.63, 3.8) is 0 Å². The van der Waals surface area contributed by atoms with Gasteiger partial charge in [-0.2, -0.15) is 0 Å². The average molecular weight is 433 g/mol. The van der Waals surface area contributed by atoms with E-state index in [4.69, 9.17) is 5.11 Å². The summed E-state index contributed by atoms with van der Waals surface area (Å²) in [6.07, 6.45) is 2.39. The van der Waals surface area contributed by atoms with E-state index in [2.05, 4.69) is 22.5 Å². The van der Waals surface area contributed by atoms with Crippen molar-refractivity contribution in [2.75, 3.05) is 6.61 Å². The van der Waals surface area contributed by atoms with Gasteiger partial charge in [-0.25, -0.2) is 0 Å². The van der Waals surface area contributed by atoms with Crippen LogP contribution in [-0.2, 0) is 0 Å². The van der Waals surface area contributed by atoms with E-state index in [1.165, 1.54) is 6.08 Å². The number of aromatic hydroxyl groups is 1. The Morgan fingerprint density at radius 3 is 2.41 bits per heavy atom. The molecule has 0 heterocycles. The maximum Gasteiger partial charge on any atom is 0.122 e. The number of halogens is 1. The van der Waals surface area contributed by atoms with Crippen LogP contribution in [0.3, 0.4) is 0 Å². The second-order valence-corrected chi connectivity index (χ2v) is 7.32. The van der Waals surface area contributed by atoms with Crippen molar-refractivity contribution in [3.8, 4) is 5.75 Å².